The summed E-state index contributed by atoms with van der Waals surface area (Å²) in [6, 6.07) is 9.08. The van der Waals surface area contributed by atoms with Crippen molar-refractivity contribution >= 4 is 5.91 Å². The Balaban J connectivity index is 1.55. The van der Waals surface area contributed by atoms with Crippen molar-refractivity contribution in [1.82, 2.24) is 10.2 Å². The van der Waals surface area contributed by atoms with Crippen molar-refractivity contribution in [3.63, 3.8) is 0 Å². The van der Waals surface area contributed by atoms with E-state index in [0.29, 0.717) is 23.3 Å². The van der Waals surface area contributed by atoms with E-state index < -0.39 is 0 Å². The van der Waals surface area contributed by atoms with Crippen LogP contribution < -0.4 is 5.32 Å². The Morgan fingerprint density at radius 3 is 2.83 bits per heavy atom. The molecule has 0 radical (unpaired) electrons. The molecule has 2 heterocycles. The maximum atomic E-state index is 13.4. The number of likely N-dealkylation sites (tertiary alicyclic amines) is 1. The molecule has 1 amide bonds. The van der Waals surface area contributed by atoms with E-state index in [2.05, 4.69) is 41.4 Å². The molecular formula is C21H30N2O. The Morgan fingerprint density at radius 1 is 1.21 bits per heavy atom. The Kier molecular flexibility index (Phi) is 4.38. The molecule has 1 N–H and O–H groups in total. The third-order valence-corrected chi connectivity index (χ3v) is 6.55. The summed E-state index contributed by atoms with van der Waals surface area (Å²) in [4.78, 5) is 15.6. The molecule has 3 aliphatic rings. The van der Waals surface area contributed by atoms with Gasteiger partial charge in [0.25, 0.3) is 0 Å². The predicted molar refractivity (Wildman–Crippen MR) is 96.7 cm³/mol. The highest BCUT2D eigenvalue weighted by molar-refractivity contribution is 5.83. The molecule has 3 heteroatoms. The van der Waals surface area contributed by atoms with Gasteiger partial charge in [0.1, 0.15) is 0 Å². The van der Waals surface area contributed by atoms with Crippen LogP contribution in [0, 0.1) is 18.3 Å². The highest BCUT2D eigenvalue weighted by Gasteiger charge is 2.59. The zero-order valence-electron chi connectivity index (χ0n) is 14.9. The summed E-state index contributed by atoms with van der Waals surface area (Å²) in [6.45, 7) is 5.27. The number of nitrogens with zero attached hydrogens (tertiary/aromatic N) is 1. The molecule has 130 valence electrons. The zero-order chi connectivity index (χ0) is 16.6. The number of hydrogen-bond acceptors (Lipinski definition) is 2. The van der Waals surface area contributed by atoms with Crippen LogP contribution in [0.15, 0.2) is 24.3 Å². The molecule has 1 aromatic rings. The van der Waals surface area contributed by atoms with Gasteiger partial charge in [-0.05, 0) is 63.1 Å². The second-order valence-electron chi connectivity index (χ2n) is 8.18. The lowest BCUT2D eigenvalue weighted by molar-refractivity contribution is -0.136. The number of carbonyl (C=O) groups is 1. The largest absolute Gasteiger partial charge is 0.335 e. The molecule has 3 fully saturated rings. The standard InChI is InChI=1S/C21H30N2O/c1-16-6-5-7-17(14-16)19-8-3-2-4-13-23(19)20(24)18-15-21(18)9-11-22-12-10-21/h5-7,14,18-19,22H,2-4,8-13,15H2,1H3. The highest BCUT2D eigenvalue weighted by atomic mass is 16.2. The fourth-order valence-corrected chi connectivity index (χ4v) is 4.97. The SMILES string of the molecule is Cc1cccc(C2CCCCCN2C(=O)C2CC23CCNCC3)c1. The zero-order valence-corrected chi connectivity index (χ0v) is 14.9. The van der Waals surface area contributed by atoms with Gasteiger partial charge in [-0.25, -0.2) is 0 Å². The van der Waals surface area contributed by atoms with Gasteiger partial charge in [0.15, 0.2) is 0 Å². The van der Waals surface area contributed by atoms with Crippen molar-refractivity contribution in [3.8, 4) is 0 Å². The van der Waals surface area contributed by atoms with E-state index in [1.165, 1.54) is 36.8 Å². The molecule has 2 unspecified atom stereocenters. The Labute approximate surface area is 145 Å². The van der Waals surface area contributed by atoms with Crippen LogP contribution in [0.4, 0.5) is 0 Å². The van der Waals surface area contributed by atoms with E-state index in [4.69, 9.17) is 0 Å². The third-order valence-electron chi connectivity index (χ3n) is 6.55. The number of piperidine rings is 1. The number of hydrogen-bond donors (Lipinski definition) is 1. The minimum absolute atomic E-state index is 0.291. The minimum atomic E-state index is 0.291. The highest BCUT2D eigenvalue weighted by Crippen LogP contribution is 2.59. The van der Waals surface area contributed by atoms with Crippen molar-refractivity contribution < 1.29 is 4.79 Å². The fourth-order valence-electron chi connectivity index (χ4n) is 4.97. The quantitative estimate of drug-likeness (QED) is 0.896. The summed E-state index contributed by atoms with van der Waals surface area (Å²) in [7, 11) is 0. The van der Waals surface area contributed by atoms with E-state index in [-0.39, 0.29) is 0 Å². The van der Waals surface area contributed by atoms with Gasteiger partial charge in [-0.3, -0.25) is 4.79 Å². The Bertz CT molecular complexity index is 606. The smallest absolute Gasteiger partial charge is 0.226 e. The summed E-state index contributed by atoms with van der Waals surface area (Å²) in [5, 5.41) is 3.45. The summed E-state index contributed by atoms with van der Waals surface area (Å²) in [5.41, 5.74) is 2.97. The lowest BCUT2D eigenvalue weighted by atomic mass is 9.91. The maximum Gasteiger partial charge on any atom is 0.226 e. The number of carbonyl (C=O) groups excluding carboxylic acids is 1. The van der Waals surface area contributed by atoms with Crippen molar-refractivity contribution in [1.29, 1.82) is 0 Å². The van der Waals surface area contributed by atoms with Crippen LogP contribution in [-0.2, 0) is 4.79 Å². The van der Waals surface area contributed by atoms with Gasteiger partial charge in [0, 0.05) is 12.5 Å². The first kappa shape index (κ1) is 16.1. The second-order valence-corrected chi connectivity index (χ2v) is 8.18. The van der Waals surface area contributed by atoms with Gasteiger partial charge in [0.2, 0.25) is 5.91 Å². The van der Waals surface area contributed by atoms with Crippen LogP contribution in [-0.4, -0.2) is 30.4 Å². The van der Waals surface area contributed by atoms with E-state index in [1.807, 2.05) is 0 Å². The van der Waals surface area contributed by atoms with E-state index in [9.17, 15) is 4.79 Å². The van der Waals surface area contributed by atoms with Gasteiger partial charge < -0.3 is 10.2 Å². The molecule has 4 rings (SSSR count). The summed E-state index contributed by atoms with van der Waals surface area (Å²) < 4.78 is 0. The van der Waals surface area contributed by atoms with Crippen LogP contribution in [0.1, 0.15) is 62.1 Å². The van der Waals surface area contributed by atoms with Gasteiger partial charge in [-0.1, -0.05) is 42.7 Å². The minimum Gasteiger partial charge on any atom is -0.335 e. The first-order chi connectivity index (χ1) is 11.7. The van der Waals surface area contributed by atoms with Crippen molar-refractivity contribution in [2.75, 3.05) is 19.6 Å². The molecule has 1 aromatic carbocycles. The number of amides is 1. The van der Waals surface area contributed by atoms with Gasteiger partial charge in [-0.2, -0.15) is 0 Å². The molecule has 1 saturated carbocycles. The Morgan fingerprint density at radius 2 is 2.04 bits per heavy atom. The van der Waals surface area contributed by atoms with Crippen LogP contribution >= 0.6 is 0 Å². The lowest BCUT2D eigenvalue weighted by Gasteiger charge is -2.32. The van der Waals surface area contributed by atoms with Crippen LogP contribution in [0.5, 0.6) is 0 Å². The number of nitrogens with one attached hydrogen (secondary N) is 1. The van der Waals surface area contributed by atoms with Gasteiger partial charge in [-0.15, -0.1) is 0 Å². The Hall–Kier alpha value is -1.35. The molecule has 2 saturated heterocycles. The predicted octanol–water partition coefficient (Wildman–Crippen LogP) is 3.83. The van der Waals surface area contributed by atoms with Crippen molar-refractivity contribution in [2.24, 2.45) is 11.3 Å². The molecule has 2 atom stereocenters. The van der Waals surface area contributed by atoms with E-state index >= 15 is 0 Å². The third kappa shape index (κ3) is 2.99. The summed E-state index contributed by atoms with van der Waals surface area (Å²) in [5.74, 6) is 0.746. The maximum absolute atomic E-state index is 13.4. The fraction of sp³-hybridized carbons (Fsp3) is 0.667. The monoisotopic (exact) mass is 326 g/mol. The number of aryl methyl sites for hydroxylation is 1. The average molecular weight is 326 g/mol. The topological polar surface area (TPSA) is 32.3 Å². The van der Waals surface area contributed by atoms with E-state index in [1.54, 1.807) is 0 Å². The molecule has 2 aliphatic heterocycles. The molecule has 1 aliphatic carbocycles. The number of rotatable bonds is 2. The number of benzene rings is 1. The molecule has 3 nitrogen and oxygen atoms in total. The van der Waals surface area contributed by atoms with Gasteiger partial charge in [0.05, 0.1) is 6.04 Å². The molecule has 24 heavy (non-hydrogen) atoms. The van der Waals surface area contributed by atoms with Crippen LogP contribution in [0.2, 0.25) is 0 Å². The molecule has 0 aromatic heterocycles. The molecule has 1 spiro atoms. The summed E-state index contributed by atoms with van der Waals surface area (Å²) >= 11 is 0. The first-order valence-electron chi connectivity index (χ1n) is 9.77. The van der Waals surface area contributed by atoms with E-state index in [0.717, 1.165) is 38.9 Å². The normalized spacial score (nSPS) is 29.3. The van der Waals surface area contributed by atoms with Crippen LogP contribution in [0.25, 0.3) is 0 Å². The first-order valence-corrected chi connectivity index (χ1v) is 9.77. The average Bonchev–Trinajstić information content (AvgIpc) is 3.33. The summed E-state index contributed by atoms with van der Waals surface area (Å²) in [6.07, 6.45) is 8.28. The van der Waals surface area contributed by atoms with Crippen molar-refractivity contribution in [2.45, 2.75) is 57.9 Å². The molecular weight excluding hydrogens is 296 g/mol. The lowest BCUT2D eigenvalue weighted by Crippen LogP contribution is -2.38. The molecule has 0 bridgehead atoms. The van der Waals surface area contributed by atoms with Crippen molar-refractivity contribution in [3.05, 3.63) is 35.4 Å². The van der Waals surface area contributed by atoms with Gasteiger partial charge >= 0.3 is 0 Å². The van der Waals surface area contributed by atoms with Crippen LogP contribution in [0.3, 0.4) is 0 Å². The second kappa shape index (κ2) is 6.51.